The topological polar surface area (TPSA) is 131 Å². The number of nitrogens with two attached hydrogens (primary N) is 2. The van der Waals surface area contributed by atoms with Gasteiger partial charge in [-0.25, -0.2) is 0 Å². The van der Waals surface area contributed by atoms with Gasteiger partial charge in [-0.1, -0.05) is 62.6 Å². The largest absolute Gasteiger partial charge is 0.462 e. The zero-order chi connectivity index (χ0) is 27.4. The molecule has 8 heteroatoms. The minimum atomic E-state index is -0.836. The maximum atomic E-state index is 12.1. The molecule has 0 heterocycles. The second kappa shape index (κ2) is 26.6. The molecule has 0 fully saturated rings. The van der Waals surface area contributed by atoms with E-state index < -0.39 is 18.0 Å². The van der Waals surface area contributed by atoms with Crippen LogP contribution in [0.15, 0.2) is 36.5 Å². The van der Waals surface area contributed by atoms with Crippen LogP contribution in [0.1, 0.15) is 96.8 Å². The van der Waals surface area contributed by atoms with Gasteiger partial charge in [0.1, 0.15) is 13.2 Å². The fourth-order valence-electron chi connectivity index (χ4n) is 3.26. The van der Waals surface area contributed by atoms with Crippen LogP contribution >= 0.6 is 0 Å². The Hall–Kier alpha value is -2.45. The Balaban J connectivity index is 4.01. The minimum absolute atomic E-state index is 0.145. The molecule has 0 amide bonds. The van der Waals surface area contributed by atoms with Gasteiger partial charge in [-0.05, 0) is 64.5 Å². The normalized spacial score (nSPS) is 12.4. The smallest absolute Gasteiger partial charge is 0.306 e. The Kier molecular flexibility index (Phi) is 24.8. The Morgan fingerprint density at radius 1 is 0.622 bits per heavy atom. The van der Waals surface area contributed by atoms with Gasteiger partial charge in [0, 0.05) is 19.3 Å². The molecule has 0 aromatic carbocycles. The van der Waals surface area contributed by atoms with Crippen molar-refractivity contribution in [2.45, 2.75) is 103 Å². The molecule has 8 nitrogen and oxygen atoms in total. The van der Waals surface area contributed by atoms with Crippen molar-refractivity contribution in [1.29, 1.82) is 0 Å². The molecule has 0 aliphatic rings. The quantitative estimate of drug-likeness (QED) is 0.0779. The van der Waals surface area contributed by atoms with E-state index >= 15 is 0 Å². The molecule has 212 valence electrons. The Morgan fingerprint density at radius 2 is 1.11 bits per heavy atom. The molecule has 0 saturated carbocycles. The molecule has 0 bridgehead atoms. The molecular formula is C29H50N2O6. The maximum absolute atomic E-state index is 12.1. The lowest BCUT2D eigenvalue weighted by Crippen LogP contribution is -2.31. The summed E-state index contributed by atoms with van der Waals surface area (Å²) in [5.74, 6) is -1.24. The summed E-state index contributed by atoms with van der Waals surface area (Å²) in [4.78, 5) is 35.7. The van der Waals surface area contributed by atoms with Crippen molar-refractivity contribution in [1.82, 2.24) is 0 Å². The van der Waals surface area contributed by atoms with Crippen molar-refractivity contribution < 1.29 is 28.6 Å². The highest BCUT2D eigenvalue weighted by atomic mass is 16.6. The van der Waals surface area contributed by atoms with Crippen molar-refractivity contribution in [3.8, 4) is 0 Å². The lowest BCUT2D eigenvalue weighted by molar-refractivity contribution is -0.166. The van der Waals surface area contributed by atoms with Crippen LogP contribution < -0.4 is 11.5 Å². The lowest BCUT2D eigenvalue weighted by Gasteiger charge is -2.18. The highest BCUT2D eigenvalue weighted by Crippen LogP contribution is 2.09. The van der Waals surface area contributed by atoms with Crippen LogP contribution in [0.5, 0.6) is 0 Å². The number of hydrogen-bond acceptors (Lipinski definition) is 8. The molecule has 0 spiro atoms. The van der Waals surface area contributed by atoms with E-state index in [1.54, 1.807) is 0 Å². The van der Waals surface area contributed by atoms with Crippen LogP contribution in [0.4, 0.5) is 0 Å². The number of hydrogen-bond donors (Lipinski definition) is 2. The standard InChI is InChI=1S/C29H50N2O6/c1-2-3-4-5-6-7-8-9-10-11-12-13-14-15-16-19-27(32)35-24-26(37-29(34)21-18-23-31)25-36-28(33)20-17-22-30/h3-4,6-7,9-10,26H,2,5,8,11-25,30-31H2,1H3/b4-3+,7-6+,10-9+/t26-/m0/s1. The van der Waals surface area contributed by atoms with Crippen molar-refractivity contribution in [3.63, 3.8) is 0 Å². The SMILES string of the molecule is CC/C=C/C/C=C/C/C=C/CCCCCCCC(=O)OC[C@@H](COC(=O)CCCN)OC(=O)CCCN. The third-order valence-electron chi connectivity index (χ3n) is 5.36. The fraction of sp³-hybridized carbons (Fsp3) is 0.690. The van der Waals surface area contributed by atoms with Crippen molar-refractivity contribution in [2.24, 2.45) is 11.5 Å². The lowest BCUT2D eigenvalue weighted by atomic mass is 10.1. The number of allylic oxidation sites excluding steroid dienone is 6. The van der Waals surface area contributed by atoms with E-state index in [1.165, 1.54) is 0 Å². The molecule has 0 aromatic rings. The van der Waals surface area contributed by atoms with Gasteiger partial charge in [-0.2, -0.15) is 0 Å². The number of carbonyl (C=O) groups excluding carboxylic acids is 3. The van der Waals surface area contributed by atoms with Crippen LogP contribution in [0.25, 0.3) is 0 Å². The number of ether oxygens (including phenoxy) is 3. The summed E-state index contributed by atoms with van der Waals surface area (Å²) < 4.78 is 15.7. The number of carbonyl (C=O) groups is 3. The summed E-state index contributed by atoms with van der Waals surface area (Å²) in [7, 11) is 0. The van der Waals surface area contributed by atoms with E-state index in [0.29, 0.717) is 32.4 Å². The highest BCUT2D eigenvalue weighted by Gasteiger charge is 2.19. The Bertz CT molecular complexity index is 675. The van der Waals surface area contributed by atoms with Crippen LogP contribution in [0.3, 0.4) is 0 Å². The highest BCUT2D eigenvalue weighted by molar-refractivity contribution is 5.71. The van der Waals surface area contributed by atoms with E-state index in [9.17, 15) is 14.4 Å². The van der Waals surface area contributed by atoms with Gasteiger partial charge in [0.15, 0.2) is 6.10 Å². The molecule has 0 aromatic heterocycles. The molecule has 0 unspecified atom stereocenters. The van der Waals surface area contributed by atoms with Crippen LogP contribution in [0.2, 0.25) is 0 Å². The van der Waals surface area contributed by atoms with Gasteiger partial charge in [-0.15, -0.1) is 0 Å². The van der Waals surface area contributed by atoms with Gasteiger partial charge >= 0.3 is 17.9 Å². The first-order chi connectivity index (χ1) is 18.0. The average Bonchev–Trinajstić information content (AvgIpc) is 2.89. The minimum Gasteiger partial charge on any atom is -0.462 e. The molecular weight excluding hydrogens is 472 g/mol. The number of rotatable bonds is 24. The van der Waals surface area contributed by atoms with Gasteiger partial charge in [0.25, 0.3) is 0 Å². The zero-order valence-corrected chi connectivity index (χ0v) is 22.9. The molecule has 4 N–H and O–H groups in total. The first-order valence-corrected chi connectivity index (χ1v) is 13.9. The molecule has 0 rings (SSSR count). The predicted octanol–water partition coefficient (Wildman–Crippen LogP) is 5.05. The van der Waals surface area contributed by atoms with Crippen molar-refractivity contribution >= 4 is 17.9 Å². The van der Waals surface area contributed by atoms with E-state index in [2.05, 4.69) is 43.4 Å². The monoisotopic (exact) mass is 522 g/mol. The molecule has 0 aliphatic heterocycles. The van der Waals surface area contributed by atoms with Gasteiger partial charge in [0.05, 0.1) is 0 Å². The number of unbranched alkanes of at least 4 members (excludes halogenated alkanes) is 5. The summed E-state index contributed by atoms with van der Waals surface area (Å²) in [5, 5.41) is 0. The van der Waals surface area contributed by atoms with Crippen LogP contribution in [-0.2, 0) is 28.6 Å². The maximum Gasteiger partial charge on any atom is 0.306 e. The Labute approximate surface area is 223 Å². The summed E-state index contributed by atoms with van der Waals surface area (Å²) in [6.45, 7) is 2.59. The summed E-state index contributed by atoms with van der Waals surface area (Å²) in [6.07, 6.45) is 23.2. The van der Waals surface area contributed by atoms with Crippen molar-refractivity contribution in [3.05, 3.63) is 36.5 Å². The molecule has 1 atom stereocenters. The summed E-state index contributed by atoms with van der Waals surface area (Å²) >= 11 is 0. The van der Waals surface area contributed by atoms with Crippen molar-refractivity contribution in [2.75, 3.05) is 26.3 Å². The molecule has 0 radical (unpaired) electrons. The zero-order valence-electron chi connectivity index (χ0n) is 22.9. The van der Waals surface area contributed by atoms with Gasteiger partial charge in [0.2, 0.25) is 0 Å². The average molecular weight is 523 g/mol. The second-order valence-electron chi connectivity index (χ2n) is 8.86. The second-order valence-corrected chi connectivity index (χ2v) is 8.86. The fourth-order valence-corrected chi connectivity index (χ4v) is 3.26. The van der Waals surface area contributed by atoms with E-state index in [0.717, 1.165) is 57.8 Å². The first kappa shape index (κ1) is 34.6. The third kappa shape index (κ3) is 25.0. The van der Waals surface area contributed by atoms with E-state index in [1.807, 2.05) is 0 Å². The predicted molar refractivity (Wildman–Crippen MR) is 148 cm³/mol. The van der Waals surface area contributed by atoms with E-state index in [4.69, 9.17) is 25.7 Å². The summed E-state index contributed by atoms with van der Waals surface area (Å²) in [6, 6.07) is 0. The number of esters is 3. The first-order valence-electron chi connectivity index (χ1n) is 13.9. The summed E-state index contributed by atoms with van der Waals surface area (Å²) in [5.41, 5.74) is 10.8. The van der Waals surface area contributed by atoms with E-state index in [-0.39, 0.29) is 32.0 Å². The Morgan fingerprint density at radius 3 is 1.70 bits per heavy atom. The van der Waals surface area contributed by atoms with Gasteiger partial charge in [-0.3, -0.25) is 14.4 Å². The third-order valence-corrected chi connectivity index (χ3v) is 5.36. The van der Waals surface area contributed by atoms with Crippen LogP contribution in [0, 0.1) is 0 Å². The molecule has 0 aliphatic carbocycles. The van der Waals surface area contributed by atoms with Gasteiger partial charge < -0.3 is 25.7 Å². The molecule has 37 heavy (non-hydrogen) atoms. The molecule has 0 saturated heterocycles. The van der Waals surface area contributed by atoms with Crippen LogP contribution in [-0.4, -0.2) is 50.3 Å².